The van der Waals surface area contributed by atoms with E-state index in [1.54, 1.807) is 18.2 Å². The Labute approximate surface area is 110 Å². The van der Waals surface area contributed by atoms with E-state index in [9.17, 15) is 14.4 Å². The number of ketones is 1. The fourth-order valence-electron chi connectivity index (χ4n) is 1.50. The summed E-state index contributed by atoms with van der Waals surface area (Å²) in [5.74, 6) is -1.44. The van der Waals surface area contributed by atoms with Crippen LogP contribution in [-0.4, -0.2) is 24.3 Å². The lowest BCUT2D eigenvalue weighted by Crippen LogP contribution is -2.16. The molecule has 0 atom stereocenters. The van der Waals surface area contributed by atoms with Crippen molar-refractivity contribution in [1.29, 1.82) is 0 Å². The highest BCUT2D eigenvalue weighted by Gasteiger charge is 2.16. The van der Waals surface area contributed by atoms with Gasteiger partial charge in [0.1, 0.15) is 6.61 Å². The predicted molar refractivity (Wildman–Crippen MR) is 67.3 cm³/mol. The standard InChI is InChI=1S/C13H15NO5/c1-8(15)18-6-10-4-3-5-11(14)13(10)12(17)7-19-9(2)16/h3-5H,6-7,14H2,1-2H3. The molecule has 0 spiro atoms. The third kappa shape index (κ3) is 4.42. The number of hydrogen-bond donors (Lipinski definition) is 1. The summed E-state index contributed by atoms with van der Waals surface area (Å²) < 4.78 is 9.49. The van der Waals surface area contributed by atoms with E-state index in [4.69, 9.17) is 10.5 Å². The summed E-state index contributed by atoms with van der Waals surface area (Å²) in [6.45, 7) is 2.03. The van der Waals surface area contributed by atoms with Crippen LogP contribution in [0.5, 0.6) is 0 Å². The highest BCUT2D eigenvalue weighted by molar-refractivity contribution is 6.03. The average molecular weight is 265 g/mol. The second-order valence-corrected chi connectivity index (χ2v) is 3.87. The first-order chi connectivity index (χ1) is 8.91. The van der Waals surface area contributed by atoms with Crippen molar-refractivity contribution in [2.24, 2.45) is 0 Å². The molecule has 1 aromatic carbocycles. The minimum atomic E-state index is -0.551. The van der Waals surface area contributed by atoms with Gasteiger partial charge in [-0.15, -0.1) is 0 Å². The zero-order chi connectivity index (χ0) is 14.4. The van der Waals surface area contributed by atoms with Crippen molar-refractivity contribution >= 4 is 23.4 Å². The first-order valence-electron chi connectivity index (χ1n) is 5.59. The number of hydrogen-bond acceptors (Lipinski definition) is 6. The Morgan fingerprint density at radius 1 is 1.11 bits per heavy atom. The number of carbonyl (C=O) groups excluding carboxylic acids is 3. The third-order valence-corrected chi connectivity index (χ3v) is 2.30. The van der Waals surface area contributed by atoms with Gasteiger partial charge in [-0.2, -0.15) is 0 Å². The number of anilines is 1. The van der Waals surface area contributed by atoms with Crippen LogP contribution in [-0.2, 0) is 25.7 Å². The van der Waals surface area contributed by atoms with Crippen LogP contribution in [0.3, 0.4) is 0 Å². The average Bonchev–Trinajstić information content (AvgIpc) is 2.33. The number of nitrogen functional groups attached to an aromatic ring is 1. The molecule has 0 saturated carbocycles. The molecule has 0 radical (unpaired) electrons. The van der Waals surface area contributed by atoms with Crippen LogP contribution in [0.1, 0.15) is 29.8 Å². The molecule has 19 heavy (non-hydrogen) atoms. The number of rotatable bonds is 5. The Kier molecular flexibility index (Phi) is 5.05. The quantitative estimate of drug-likeness (QED) is 0.486. The molecule has 0 fully saturated rings. The topological polar surface area (TPSA) is 95.7 Å². The highest BCUT2D eigenvalue weighted by atomic mass is 16.5. The second kappa shape index (κ2) is 6.53. The second-order valence-electron chi connectivity index (χ2n) is 3.87. The molecule has 6 heteroatoms. The molecule has 0 bridgehead atoms. The van der Waals surface area contributed by atoms with Crippen molar-refractivity contribution in [2.45, 2.75) is 20.5 Å². The molecule has 6 nitrogen and oxygen atoms in total. The Morgan fingerprint density at radius 2 is 1.74 bits per heavy atom. The van der Waals surface area contributed by atoms with Crippen molar-refractivity contribution in [1.82, 2.24) is 0 Å². The molecule has 0 aromatic heterocycles. The van der Waals surface area contributed by atoms with Gasteiger partial charge >= 0.3 is 11.9 Å². The first kappa shape index (κ1) is 14.7. The maximum Gasteiger partial charge on any atom is 0.303 e. The van der Waals surface area contributed by atoms with E-state index in [0.29, 0.717) is 5.56 Å². The van der Waals surface area contributed by atoms with Crippen molar-refractivity contribution in [3.05, 3.63) is 29.3 Å². The Balaban J connectivity index is 2.93. The summed E-state index contributed by atoms with van der Waals surface area (Å²) in [6.07, 6.45) is 0. The van der Waals surface area contributed by atoms with E-state index in [-0.39, 0.29) is 17.9 Å². The zero-order valence-electron chi connectivity index (χ0n) is 10.8. The predicted octanol–water partition coefficient (Wildman–Crippen LogP) is 1.08. The molecule has 102 valence electrons. The lowest BCUT2D eigenvalue weighted by molar-refractivity contribution is -0.142. The van der Waals surface area contributed by atoms with Crippen molar-refractivity contribution < 1.29 is 23.9 Å². The number of ether oxygens (including phenoxy) is 2. The van der Waals surface area contributed by atoms with E-state index >= 15 is 0 Å². The van der Waals surface area contributed by atoms with Gasteiger partial charge < -0.3 is 15.2 Å². The van der Waals surface area contributed by atoms with Gasteiger partial charge in [-0.05, 0) is 6.07 Å². The van der Waals surface area contributed by atoms with Gasteiger partial charge in [0, 0.05) is 25.1 Å². The molecule has 0 aliphatic heterocycles. The summed E-state index contributed by atoms with van der Waals surface area (Å²) in [5, 5.41) is 0. The molecule has 0 unspecified atom stereocenters. The summed E-state index contributed by atoms with van der Waals surface area (Å²) >= 11 is 0. The van der Waals surface area contributed by atoms with Crippen molar-refractivity contribution in [3.63, 3.8) is 0 Å². The molecule has 0 aliphatic carbocycles. The van der Waals surface area contributed by atoms with Crippen LogP contribution in [0.2, 0.25) is 0 Å². The largest absolute Gasteiger partial charge is 0.461 e. The normalized spacial score (nSPS) is 9.79. The van der Waals surface area contributed by atoms with Crippen LogP contribution >= 0.6 is 0 Å². The molecular formula is C13H15NO5. The molecular weight excluding hydrogens is 250 g/mol. The highest BCUT2D eigenvalue weighted by Crippen LogP contribution is 2.19. The van der Waals surface area contributed by atoms with Crippen LogP contribution < -0.4 is 5.73 Å². The lowest BCUT2D eigenvalue weighted by Gasteiger charge is -2.11. The SMILES string of the molecule is CC(=O)OCC(=O)c1c(N)cccc1COC(C)=O. The van der Waals surface area contributed by atoms with Crippen LogP contribution in [0.25, 0.3) is 0 Å². The molecule has 1 aromatic rings. The molecule has 0 amide bonds. The Hall–Kier alpha value is -2.37. The molecule has 0 aliphatic rings. The van der Waals surface area contributed by atoms with Gasteiger partial charge in [0.05, 0.1) is 5.56 Å². The third-order valence-electron chi connectivity index (χ3n) is 2.30. The van der Waals surface area contributed by atoms with Crippen molar-refractivity contribution in [3.8, 4) is 0 Å². The minimum absolute atomic E-state index is 0.0540. The maximum absolute atomic E-state index is 11.9. The smallest absolute Gasteiger partial charge is 0.303 e. The maximum atomic E-state index is 11.9. The van der Waals surface area contributed by atoms with Crippen LogP contribution in [0, 0.1) is 0 Å². The van der Waals surface area contributed by atoms with Crippen LogP contribution in [0.15, 0.2) is 18.2 Å². The fourth-order valence-corrected chi connectivity index (χ4v) is 1.50. The molecule has 0 saturated heterocycles. The molecule has 1 rings (SSSR count). The van der Waals surface area contributed by atoms with Crippen molar-refractivity contribution in [2.75, 3.05) is 12.3 Å². The fraction of sp³-hybridized carbons (Fsp3) is 0.308. The van der Waals surface area contributed by atoms with Gasteiger partial charge in [-0.25, -0.2) is 0 Å². The lowest BCUT2D eigenvalue weighted by atomic mass is 10.0. The van der Waals surface area contributed by atoms with E-state index in [0.717, 1.165) is 0 Å². The van der Waals surface area contributed by atoms with Gasteiger partial charge in [-0.1, -0.05) is 12.1 Å². The monoisotopic (exact) mass is 265 g/mol. The number of esters is 2. The summed E-state index contributed by atoms with van der Waals surface area (Å²) in [4.78, 5) is 33.4. The molecule has 2 N–H and O–H groups in total. The van der Waals surface area contributed by atoms with E-state index in [2.05, 4.69) is 4.74 Å². The summed E-state index contributed by atoms with van der Waals surface area (Å²) in [6, 6.07) is 4.83. The van der Waals surface area contributed by atoms with E-state index in [1.807, 2.05) is 0 Å². The Morgan fingerprint density at radius 3 is 2.32 bits per heavy atom. The van der Waals surface area contributed by atoms with Gasteiger partial charge in [0.15, 0.2) is 6.61 Å². The minimum Gasteiger partial charge on any atom is -0.461 e. The number of carbonyl (C=O) groups is 3. The zero-order valence-corrected chi connectivity index (χ0v) is 10.8. The number of benzene rings is 1. The van der Waals surface area contributed by atoms with Crippen LogP contribution in [0.4, 0.5) is 5.69 Å². The van der Waals surface area contributed by atoms with Gasteiger partial charge in [0.25, 0.3) is 0 Å². The number of Topliss-reactive ketones (excluding diaryl/α,β-unsaturated/α-hetero) is 1. The first-order valence-corrected chi connectivity index (χ1v) is 5.59. The van der Waals surface area contributed by atoms with E-state index < -0.39 is 24.3 Å². The summed E-state index contributed by atoms with van der Waals surface area (Å²) in [5.41, 5.74) is 6.68. The number of nitrogens with two attached hydrogens (primary N) is 1. The summed E-state index contributed by atoms with van der Waals surface area (Å²) in [7, 11) is 0. The van der Waals surface area contributed by atoms with Gasteiger partial charge in [0.2, 0.25) is 5.78 Å². The van der Waals surface area contributed by atoms with E-state index in [1.165, 1.54) is 13.8 Å². The van der Waals surface area contributed by atoms with Gasteiger partial charge in [-0.3, -0.25) is 14.4 Å². The Bertz CT molecular complexity index is 510. The molecule has 0 heterocycles.